The standard InChI is InChI=1S/C6H12O5S/c1-12(7,8)11-5-6-4-9-2-3-10-6/h6H,2-5H2,1H3/t6-/m0/s1. The largest absolute Gasteiger partial charge is 0.376 e. The number of hydrogen-bond acceptors (Lipinski definition) is 5. The van der Waals surface area contributed by atoms with E-state index in [1.807, 2.05) is 0 Å². The van der Waals surface area contributed by atoms with Gasteiger partial charge >= 0.3 is 0 Å². The van der Waals surface area contributed by atoms with Crippen LogP contribution >= 0.6 is 0 Å². The summed E-state index contributed by atoms with van der Waals surface area (Å²) in [5, 5.41) is 0. The summed E-state index contributed by atoms with van der Waals surface area (Å²) in [5.74, 6) is 0. The van der Waals surface area contributed by atoms with Crippen molar-refractivity contribution < 1.29 is 22.1 Å². The Balaban J connectivity index is 2.22. The maximum absolute atomic E-state index is 10.6. The first-order chi connectivity index (χ1) is 5.58. The Labute approximate surface area is 71.7 Å². The third kappa shape index (κ3) is 4.01. The Morgan fingerprint density at radius 1 is 1.50 bits per heavy atom. The highest BCUT2D eigenvalue weighted by Crippen LogP contribution is 2.02. The maximum atomic E-state index is 10.6. The number of hydrogen-bond donors (Lipinski definition) is 0. The summed E-state index contributed by atoms with van der Waals surface area (Å²) in [6.07, 6.45) is 0.755. The lowest BCUT2D eigenvalue weighted by atomic mass is 10.4. The zero-order valence-corrected chi connectivity index (χ0v) is 7.67. The first-order valence-electron chi connectivity index (χ1n) is 3.62. The molecule has 5 nitrogen and oxygen atoms in total. The van der Waals surface area contributed by atoms with E-state index in [1.54, 1.807) is 0 Å². The highest BCUT2D eigenvalue weighted by Gasteiger charge is 2.16. The molecular weight excluding hydrogens is 184 g/mol. The van der Waals surface area contributed by atoms with Gasteiger partial charge in [-0.15, -0.1) is 0 Å². The number of rotatable bonds is 3. The minimum atomic E-state index is -3.36. The third-order valence-corrected chi connectivity index (χ3v) is 1.92. The van der Waals surface area contributed by atoms with Crippen molar-refractivity contribution in [2.24, 2.45) is 0 Å². The summed E-state index contributed by atoms with van der Waals surface area (Å²) in [6.45, 7) is 1.50. The van der Waals surface area contributed by atoms with Crippen LogP contribution < -0.4 is 0 Å². The second kappa shape index (κ2) is 4.18. The van der Waals surface area contributed by atoms with Crippen LogP contribution in [0.25, 0.3) is 0 Å². The van der Waals surface area contributed by atoms with E-state index in [9.17, 15) is 8.42 Å². The third-order valence-electron chi connectivity index (χ3n) is 1.35. The lowest BCUT2D eigenvalue weighted by Gasteiger charge is -2.21. The quantitative estimate of drug-likeness (QED) is 0.563. The van der Waals surface area contributed by atoms with Crippen LogP contribution in [0.5, 0.6) is 0 Å². The highest BCUT2D eigenvalue weighted by atomic mass is 32.2. The Hall–Kier alpha value is -0.170. The zero-order chi connectivity index (χ0) is 9.03. The SMILES string of the molecule is CS(=O)(=O)OC[C@@H]1COCCO1. The van der Waals surface area contributed by atoms with Crippen molar-refractivity contribution in [1.82, 2.24) is 0 Å². The Bertz CT molecular complexity index is 216. The first kappa shape index (κ1) is 9.91. The van der Waals surface area contributed by atoms with Crippen molar-refractivity contribution in [2.75, 3.05) is 32.7 Å². The van der Waals surface area contributed by atoms with Crippen LogP contribution in [0.2, 0.25) is 0 Å². The van der Waals surface area contributed by atoms with Crippen LogP contribution in [0.1, 0.15) is 0 Å². The fourth-order valence-electron chi connectivity index (χ4n) is 0.832. The average Bonchev–Trinajstić information content (AvgIpc) is 2.02. The van der Waals surface area contributed by atoms with Gasteiger partial charge in [0.15, 0.2) is 0 Å². The molecule has 1 aliphatic heterocycles. The molecule has 1 heterocycles. The topological polar surface area (TPSA) is 61.8 Å². The molecule has 0 bridgehead atoms. The van der Waals surface area contributed by atoms with E-state index >= 15 is 0 Å². The Morgan fingerprint density at radius 3 is 2.75 bits per heavy atom. The highest BCUT2D eigenvalue weighted by molar-refractivity contribution is 7.85. The van der Waals surface area contributed by atoms with Gasteiger partial charge in [-0.25, -0.2) is 0 Å². The summed E-state index contributed by atoms with van der Waals surface area (Å²) >= 11 is 0. The summed E-state index contributed by atoms with van der Waals surface area (Å²) in [7, 11) is -3.36. The van der Waals surface area contributed by atoms with Gasteiger partial charge in [0.25, 0.3) is 10.1 Å². The predicted molar refractivity (Wildman–Crippen MR) is 41.4 cm³/mol. The van der Waals surface area contributed by atoms with Crippen molar-refractivity contribution in [3.8, 4) is 0 Å². The van der Waals surface area contributed by atoms with Gasteiger partial charge in [-0.1, -0.05) is 0 Å². The van der Waals surface area contributed by atoms with Crippen LogP contribution in [0, 0.1) is 0 Å². The molecule has 6 heteroatoms. The van der Waals surface area contributed by atoms with E-state index in [0.717, 1.165) is 6.26 Å². The molecule has 1 fully saturated rings. The molecule has 72 valence electrons. The summed E-state index contributed by atoms with van der Waals surface area (Å²) in [4.78, 5) is 0. The molecule has 1 atom stereocenters. The summed E-state index contributed by atoms with van der Waals surface area (Å²) in [5.41, 5.74) is 0. The molecule has 0 N–H and O–H groups in total. The molecule has 0 radical (unpaired) electrons. The van der Waals surface area contributed by atoms with Gasteiger partial charge in [-0.3, -0.25) is 4.18 Å². The molecule has 1 rings (SSSR count). The maximum Gasteiger partial charge on any atom is 0.264 e. The Kier molecular flexibility index (Phi) is 3.45. The Morgan fingerprint density at radius 2 is 2.25 bits per heavy atom. The van der Waals surface area contributed by atoms with E-state index < -0.39 is 10.1 Å². The van der Waals surface area contributed by atoms with E-state index in [-0.39, 0.29) is 12.7 Å². The van der Waals surface area contributed by atoms with Gasteiger partial charge in [0.1, 0.15) is 6.10 Å². The van der Waals surface area contributed by atoms with E-state index in [2.05, 4.69) is 4.18 Å². The van der Waals surface area contributed by atoms with Crippen molar-refractivity contribution in [3.05, 3.63) is 0 Å². The van der Waals surface area contributed by atoms with Crippen LogP contribution in [-0.2, 0) is 23.8 Å². The van der Waals surface area contributed by atoms with Crippen molar-refractivity contribution >= 4 is 10.1 Å². The van der Waals surface area contributed by atoms with Crippen LogP contribution in [0.4, 0.5) is 0 Å². The minimum absolute atomic E-state index is 0.0405. The van der Waals surface area contributed by atoms with Crippen LogP contribution in [0.3, 0.4) is 0 Å². The van der Waals surface area contributed by atoms with Crippen molar-refractivity contribution in [1.29, 1.82) is 0 Å². The number of ether oxygens (including phenoxy) is 2. The monoisotopic (exact) mass is 196 g/mol. The molecule has 0 aliphatic carbocycles. The average molecular weight is 196 g/mol. The van der Waals surface area contributed by atoms with Gasteiger partial charge in [0, 0.05) is 0 Å². The van der Waals surface area contributed by atoms with Gasteiger partial charge in [0.2, 0.25) is 0 Å². The fraction of sp³-hybridized carbons (Fsp3) is 1.00. The van der Waals surface area contributed by atoms with Gasteiger partial charge in [0.05, 0.1) is 32.7 Å². The molecule has 12 heavy (non-hydrogen) atoms. The molecule has 0 saturated carbocycles. The summed E-state index contributed by atoms with van der Waals surface area (Å²) < 4.78 is 35.9. The fourth-order valence-corrected chi connectivity index (χ4v) is 1.23. The van der Waals surface area contributed by atoms with Gasteiger partial charge in [-0.2, -0.15) is 8.42 Å². The van der Waals surface area contributed by atoms with Crippen LogP contribution in [-0.4, -0.2) is 47.2 Å². The smallest absolute Gasteiger partial charge is 0.264 e. The zero-order valence-electron chi connectivity index (χ0n) is 6.86. The van der Waals surface area contributed by atoms with Crippen molar-refractivity contribution in [2.45, 2.75) is 6.10 Å². The molecule has 0 amide bonds. The lowest BCUT2D eigenvalue weighted by molar-refractivity contribution is -0.100. The minimum Gasteiger partial charge on any atom is -0.376 e. The normalized spacial score (nSPS) is 25.6. The molecule has 0 aromatic rings. The molecule has 0 spiro atoms. The molecule has 1 saturated heterocycles. The predicted octanol–water partition coefficient (Wildman–Crippen LogP) is -0.622. The van der Waals surface area contributed by atoms with Gasteiger partial charge < -0.3 is 9.47 Å². The van der Waals surface area contributed by atoms with Crippen LogP contribution in [0.15, 0.2) is 0 Å². The summed E-state index contributed by atoms with van der Waals surface area (Å²) in [6, 6.07) is 0. The first-order valence-corrected chi connectivity index (χ1v) is 5.43. The van der Waals surface area contributed by atoms with E-state index in [0.29, 0.717) is 19.8 Å². The second-order valence-corrected chi connectivity index (χ2v) is 4.20. The van der Waals surface area contributed by atoms with E-state index in [4.69, 9.17) is 9.47 Å². The van der Waals surface area contributed by atoms with Crippen molar-refractivity contribution in [3.63, 3.8) is 0 Å². The second-order valence-electron chi connectivity index (χ2n) is 2.56. The van der Waals surface area contributed by atoms with E-state index in [1.165, 1.54) is 0 Å². The van der Waals surface area contributed by atoms with Gasteiger partial charge in [-0.05, 0) is 0 Å². The molecule has 1 aliphatic rings. The molecule has 0 aromatic heterocycles. The molecule has 0 aromatic carbocycles. The molecular formula is C6H12O5S. The molecule has 0 unspecified atom stereocenters. The lowest BCUT2D eigenvalue weighted by Crippen LogP contribution is -2.33.